The minimum Gasteiger partial charge on any atom is -0.508 e. The summed E-state index contributed by atoms with van der Waals surface area (Å²) < 4.78 is 5.21. The highest BCUT2D eigenvalue weighted by molar-refractivity contribution is 5.29. The minimum atomic E-state index is -0.633. The molecule has 1 aliphatic heterocycles. The Hall–Kier alpha value is -2.08. The zero-order chi connectivity index (χ0) is 19.7. The van der Waals surface area contributed by atoms with Crippen LogP contribution in [0.2, 0.25) is 0 Å². The monoisotopic (exact) mass is 383 g/mol. The molecule has 2 aliphatic rings. The van der Waals surface area contributed by atoms with Gasteiger partial charge in [-0.05, 0) is 60.1 Å². The molecule has 1 heterocycles. The van der Waals surface area contributed by atoms with Crippen molar-refractivity contribution in [2.75, 3.05) is 26.7 Å². The first-order chi connectivity index (χ1) is 13.4. The molecular formula is C23H29NO4. The van der Waals surface area contributed by atoms with Crippen molar-refractivity contribution >= 4 is 0 Å². The molecular weight excluding hydrogens is 354 g/mol. The number of hydrogen-bond donors (Lipinski definition) is 3. The summed E-state index contributed by atoms with van der Waals surface area (Å²) in [5.74, 6) is 2.01. The summed E-state index contributed by atoms with van der Waals surface area (Å²) in [6.07, 6.45) is 1.75. The second-order valence-electron chi connectivity index (χ2n) is 8.50. The van der Waals surface area contributed by atoms with Crippen LogP contribution in [0.5, 0.6) is 11.5 Å². The van der Waals surface area contributed by atoms with Crippen molar-refractivity contribution in [2.24, 2.45) is 11.8 Å². The van der Waals surface area contributed by atoms with Crippen LogP contribution in [-0.2, 0) is 6.42 Å². The summed E-state index contributed by atoms with van der Waals surface area (Å²) in [5.41, 5.74) is 1.33. The van der Waals surface area contributed by atoms with Gasteiger partial charge in [-0.3, -0.25) is 4.90 Å². The maximum Gasteiger partial charge on any atom is 0.118 e. The van der Waals surface area contributed by atoms with Gasteiger partial charge in [-0.25, -0.2) is 0 Å². The maximum atomic E-state index is 11.1. The van der Waals surface area contributed by atoms with Crippen LogP contribution >= 0.6 is 0 Å². The van der Waals surface area contributed by atoms with Crippen molar-refractivity contribution in [2.45, 2.75) is 31.0 Å². The topological polar surface area (TPSA) is 73.2 Å². The van der Waals surface area contributed by atoms with E-state index in [4.69, 9.17) is 4.74 Å². The second kappa shape index (κ2) is 7.74. The van der Waals surface area contributed by atoms with Gasteiger partial charge in [-0.1, -0.05) is 24.3 Å². The number of nitrogens with zero attached hydrogens (tertiary/aromatic N) is 1. The van der Waals surface area contributed by atoms with Gasteiger partial charge in [0.25, 0.3) is 0 Å². The van der Waals surface area contributed by atoms with E-state index in [0.29, 0.717) is 24.8 Å². The number of methoxy groups -OCH3 is 1. The van der Waals surface area contributed by atoms with E-state index < -0.39 is 11.7 Å². The molecule has 1 saturated carbocycles. The smallest absolute Gasteiger partial charge is 0.118 e. The van der Waals surface area contributed by atoms with Crippen molar-refractivity contribution in [3.8, 4) is 11.5 Å². The molecule has 28 heavy (non-hydrogen) atoms. The van der Waals surface area contributed by atoms with Crippen LogP contribution in [0, 0.1) is 11.8 Å². The molecule has 0 spiro atoms. The molecule has 1 aliphatic carbocycles. The highest BCUT2D eigenvalue weighted by Gasteiger charge is 2.48. The number of aliphatic hydroxyl groups is 2. The average Bonchev–Trinajstić information content (AvgIpc) is 3.16. The second-order valence-corrected chi connectivity index (χ2v) is 8.50. The van der Waals surface area contributed by atoms with Gasteiger partial charge in [0.1, 0.15) is 11.5 Å². The number of aromatic hydroxyl groups is 1. The first-order valence-electron chi connectivity index (χ1n) is 9.99. The standard InChI is InChI=1S/C23H29NO4/c1-28-21-8-2-16(3-9-21)10-23(27)11-18-13-24(14-19(18)12-23)15-22(26)17-4-6-20(25)7-5-17/h2-9,18-19,22,25-27H,10-15H2,1H3/t18-,19+,22?,23+. The molecule has 3 N–H and O–H groups in total. The Kier molecular flexibility index (Phi) is 5.32. The Bertz CT molecular complexity index is 775. The zero-order valence-corrected chi connectivity index (χ0v) is 16.3. The maximum absolute atomic E-state index is 11.1. The number of phenols is 1. The van der Waals surface area contributed by atoms with Gasteiger partial charge in [0, 0.05) is 26.1 Å². The van der Waals surface area contributed by atoms with Crippen LogP contribution in [0.3, 0.4) is 0 Å². The molecule has 150 valence electrons. The average molecular weight is 383 g/mol. The summed E-state index contributed by atoms with van der Waals surface area (Å²) in [4.78, 5) is 2.31. The van der Waals surface area contributed by atoms with Crippen molar-refractivity contribution < 1.29 is 20.1 Å². The molecule has 0 amide bonds. The number of hydrogen-bond acceptors (Lipinski definition) is 5. The Balaban J connectivity index is 1.31. The lowest BCUT2D eigenvalue weighted by Gasteiger charge is -2.27. The first-order valence-corrected chi connectivity index (χ1v) is 9.99. The van der Waals surface area contributed by atoms with E-state index in [1.54, 1.807) is 31.4 Å². The molecule has 1 saturated heterocycles. The number of ether oxygens (including phenoxy) is 1. The molecule has 5 nitrogen and oxygen atoms in total. The van der Waals surface area contributed by atoms with Gasteiger partial charge in [0.15, 0.2) is 0 Å². The number of fused-ring (bicyclic) bond motifs is 1. The van der Waals surface area contributed by atoms with Gasteiger partial charge >= 0.3 is 0 Å². The van der Waals surface area contributed by atoms with Crippen LogP contribution in [-0.4, -0.2) is 52.6 Å². The number of rotatable bonds is 6. The molecule has 2 aromatic carbocycles. The normalized spacial score (nSPS) is 28.2. The predicted molar refractivity (Wildman–Crippen MR) is 107 cm³/mol. The molecule has 2 fully saturated rings. The van der Waals surface area contributed by atoms with Crippen molar-refractivity contribution in [1.82, 2.24) is 4.90 Å². The van der Waals surface area contributed by atoms with E-state index in [-0.39, 0.29) is 5.75 Å². The summed E-state index contributed by atoms with van der Waals surface area (Å²) in [5, 5.41) is 31.0. The number of phenolic OH excluding ortho intramolecular Hbond substituents is 1. The SMILES string of the molecule is COc1ccc(C[C@@]2(O)C[C@H]3CN(CC(O)c4ccc(O)cc4)C[C@H]3C2)cc1. The molecule has 5 heteroatoms. The third-order valence-electron chi connectivity index (χ3n) is 6.34. The number of benzene rings is 2. The fraction of sp³-hybridized carbons (Fsp3) is 0.478. The highest BCUT2D eigenvalue weighted by atomic mass is 16.5. The quantitative estimate of drug-likeness (QED) is 0.715. The summed E-state index contributed by atoms with van der Waals surface area (Å²) in [6.45, 7) is 2.43. The van der Waals surface area contributed by atoms with Crippen LogP contribution in [0.25, 0.3) is 0 Å². The molecule has 0 bridgehead atoms. The highest BCUT2D eigenvalue weighted by Crippen LogP contribution is 2.45. The van der Waals surface area contributed by atoms with Gasteiger partial charge < -0.3 is 20.1 Å². The van der Waals surface area contributed by atoms with Gasteiger partial charge in [-0.15, -0.1) is 0 Å². The third-order valence-corrected chi connectivity index (χ3v) is 6.34. The molecule has 4 rings (SSSR count). The lowest BCUT2D eigenvalue weighted by molar-refractivity contribution is 0.0328. The van der Waals surface area contributed by atoms with Crippen molar-refractivity contribution in [1.29, 1.82) is 0 Å². The molecule has 0 radical (unpaired) electrons. The van der Waals surface area contributed by atoms with E-state index in [2.05, 4.69) is 4.90 Å². The van der Waals surface area contributed by atoms with Gasteiger partial charge in [0.2, 0.25) is 0 Å². The Morgan fingerprint density at radius 2 is 1.64 bits per heavy atom. The molecule has 0 aromatic heterocycles. The van der Waals surface area contributed by atoms with Crippen LogP contribution in [0.1, 0.15) is 30.1 Å². The summed E-state index contributed by atoms with van der Waals surface area (Å²) in [7, 11) is 1.66. The van der Waals surface area contributed by atoms with E-state index in [1.165, 1.54) is 0 Å². The third kappa shape index (κ3) is 4.17. The number of aliphatic hydroxyl groups excluding tert-OH is 1. The number of β-amino-alcohol motifs (C(OH)–C–C–N with tert-alkyl or cyclic N) is 1. The zero-order valence-electron chi connectivity index (χ0n) is 16.3. The van der Waals surface area contributed by atoms with Crippen LogP contribution in [0.4, 0.5) is 0 Å². The largest absolute Gasteiger partial charge is 0.508 e. The van der Waals surface area contributed by atoms with Gasteiger partial charge in [0.05, 0.1) is 18.8 Å². The Labute approximate surface area is 166 Å². The van der Waals surface area contributed by atoms with E-state index >= 15 is 0 Å². The summed E-state index contributed by atoms with van der Waals surface area (Å²) in [6, 6.07) is 14.7. The lowest BCUT2D eigenvalue weighted by atomic mass is 9.91. The van der Waals surface area contributed by atoms with E-state index in [1.807, 2.05) is 24.3 Å². The summed E-state index contributed by atoms with van der Waals surface area (Å²) >= 11 is 0. The molecule has 4 atom stereocenters. The predicted octanol–water partition coefficient (Wildman–Crippen LogP) is 2.75. The first kappa shape index (κ1) is 19.2. The van der Waals surface area contributed by atoms with E-state index in [9.17, 15) is 15.3 Å². The van der Waals surface area contributed by atoms with Crippen molar-refractivity contribution in [3.05, 3.63) is 59.7 Å². The van der Waals surface area contributed by atoms with Crippen molar-refractivity contribution in [3.63, 3.8) is 0 Å². The number of likely N-dealkylation sites (tertiary alicyclic amines) is 1. The van der Waals surface area contributed by atoms with Gasteiger partial charge in [-0.2, -0.15) is 0 Å². The Morgan fingerprint density at radius 3 is 2.21 bits per heavy atom. The molecule has 2 aromatic rings. The fourth-order valence-electron chi connectivity index (χ4n) is 5.02. The minimum absolute atomic E-state index is 0.211. The molecule has 1 unspecified atom stereocenters. The Morgan fingerprint density at radius 1 is 1.04 bits per heavy atom. The lowest BCUT2D eigenvalue weighted by Crippen LogP contribution is -2.33. The van der Waals surface area contributed by atoms with Crippen LogP contribution in [0.15, 0.2) is 48.5 Å². The van der Waals surface area contributed by atoms with E-state index in [0.717, 1.165) is 42.8 Å². The van der Waals surface area contributed by atoms with Crippen LogP contribution < -0.4 is 4.74 Å². The fourth-order valence-corrected chi connectivity index (χ4v) is 5.02.